The predicted molar refractivity (Wildman–Crippen MR) is 163 cm³/mol. The molecule has 0 radical (unpaired) electrons. The first kappa shape index (κ1) is 27.0. The van der Waals surface area contributed by atoms with Crippen LogP contribution in [0.4, 0.5) is 11.4 Å². The van der Waals surface area contributed by atoms with Crippen LogP contribution in [0.15, 0.2) is 90.1 Å². The largest absolute Gasteiger partial charge is 0.494 e. The number of fused-ring (bicyclic) bond motifs is 2. The SMILES string of the molecule is COc1c(Nc2cc(Cl)nn3ccnc23)cccc1-c1ccc2c(=O)n(Cc3cccc(C(=O)N(C)C)n3)ccc2c1. The first-order valence-electron chi connectivity index (χ1n) is 13.1. The zero-order valence-corrected chi connectivity index (χ0v) is 23.8. The van der Waals surface area contributed by atoms with Crippen LogP contribution in [0.2, 0.25) is 5.15 Å². The summed E-state index contributed by atoms with van der Waals surface area (Å²) < 4.78 is 9.05. The number of pyridine rings is 2. The van der Waals surface area contributed by atoms with Crippen LogP contribution in [0.5, 0.6) is 5.75 Å². The Morgan fingerprint density at radius 3 is 2.67 bits per heavy atom. The zero-order valence-electron chi connectivity index (χ0n) is 23.1. The molecule has 4 heterocycles. The van der Waals surface area contributed by atoms with E-state index in [2.05, 4.69) is 20.4 Å². The van der Waals surface area contributed by atoms with Crippen molar-refractivity contribution in [2.24, 2.45) is 0 Å². The second-order valence-corrected chi connectivity index (χ2v) is 10.2. The monoisotopic (exact) mass is 579 g/mol. The maximum absolute atomic E-state index is 13.4. The van der Waals surface area contributed by atoms with E-state index in [0.29, 0.717) is 39.0 Å². The minimum Gasteiger partial charge on any atom is -0.494 e. The van der Waals surface area contributed by atoms with E-state index in [9.17, 15) is 9.59 Å². The van der Waals surface area contributed by atoms with Gasteiger partial charge in [-0.3, -0.25) is 9.59 Å². The molecule has 210 valence electrons. The molecular formula is C31H26ClN7O3. The third kappa shape index (κ3) is 5.04. The summed E-state index contributed by atoms with van der Waals surface area (Å²) >= 11 is 6.23. The smallest absolute Gasteiger partial charge is 0.271 e. The summed E-state index contributed by atoms with van der Waals surface area (Å²) in [5, 5.41) is 9.30. The number of methoxy groups -OCH3 is 1. The van der Waals surface area contributed by atoms with Gasteiger partial charge in [-0.1, -0.05) is 35.9 Å². The number of nitrogens with one attached hydrogen (secondary N) is 1. The molecule has 0 aliphatic heterocycles. The lowest BCUT2D eigenvalue weighted by atomic mass is 10.0. The molecule has 11 heteroatoms. The minimum absolute atomic E-state index is 0.147. The van der Waals surface area contributed by atoms with Crippen molar-refractivity contribution >= 4 is 45.3 Å². The highest BCUT2D eigenvalue weighted by atomic mass is 35.5. The number of carbonyl (C=O) groups excluding carboxylic acids is 1. The lowest BCUT2D eigenvalue weighted by molar-refractivity contribution is 0.0821. The van der Waals surface area contributed by atoms with Crippen molar-refractivity contribution in [2.75, 3.05) is 26.5 Å². The third-order valence-corrected chi connectivity index (χ3v) is 7.05. The number of aromatic nitrogens is 5. The van der Waals surface area contributed by atoms with Crippen LogP contribution < -0.4 is 15.6 Å². The number of rotatable bonds is 7. The van der Waals surface area contributed by atoms with Crippen molar-refractivity contribution in [1.82, 2.24) is 29.0 Å². The summed E-state index contributed by atoms with van der Waals surface area (Å²) in [5.74, 6) is 0.436. The molecule has 4 aromatic heterocycles. The van der Waals surface area contributed by atoms with Crippen molar-refractivity contribution in [3.8, 4) is 16.9 Å². The number of imidazole rings is 1. The van der Waals surface area contributed by atoms with E-state index in [-0.39, 0.29) is 18.0 Å². The predicted octanol–water partition coefficient (Wildman–Crippen LogP) is 5.26. The summed E-state index contributed by atoms with van der Waals surface area (Å²) in [6, 6.07) is 20.3. The molecule has 0 aliphatic carbocycles. The van der Waals surface area contributed by atoms with Gasteiger partial charge >= 0.3 is 0 Å². The van der Waals surface area contributed by atoms with Crippen molar-refractivity contribution in [2.45, 2.75) is 6.54 Å². The number of nitrogens with zero attached hydrogens (tertiary/aromatic N) is 6. The molecule has 6 rings (SSSR count). The minimum atomic E-state index is -0.190. The maximum atomic E-state index is 13.4. The van der Waals surface area contributed by atoms with Crippen LogP contribution in [0.1, 0.15) is 16.2 Å². The first-order chi connectivity index (χ1) is 20.3. The Bertz CT molecular complexity index is 2030. The fourth-order valence-electron chi connectivity index (χ4n) is 4.88. The Hall–Kier alpha value is -5.22. The zero-order chi connectivity index (χ0) is 29.4. The summed E-state index contributed by atoms with van der Waals surface area (Å²) in [5.41, 5.74) is 4.57. The number of benzene rings is 2. The van der Waals surface area contributed by atoms with Crippen LogP contribution in [-0.2, 0) is 6.54 Å². The Morgan fingerprint density at radius 1 is 1.02 bits per heavy atom. The van der Waals surface area contributed by atoms with E-state index in [4.69, 9.17) is 16.3 Å². The molecule has 6 aromatic rings. The third-order valence-electron chi connectivity index (χ3n) is 6.87. The molecule has 0 unspecified atom stereocenters. The van der Waals surface area contributed by atoms with Crippen LogP contribution in [0.3, 0.4) is 0 Å². The normalized spacial score (nSPS) is 11.1. The fourth-order valence-corrected chi connectivity index (χ4v) is 5.07. The highest BCUT2D eigenvalue weighted by Gasteiger charge is 2.16. The standard InChI is InChI=1S/C31H26ClN7O3/c1-37(2)31(41)25-9-4-6-21(34-25)18-38-14-12-20-16-19(10-11-23(20)30(38)40)22-7-5-8-24(28(22)42-3)35-26-17-27(32)36-39-15-13-33-29(26)39/h4-17,35H,18H2,1-3H3. The average molecular weight is 580 g/mol. The lowest BCUT2D eigenvalue weighted by Gasteiger charge is -2.16. The topological polar surface area (TPSA) is 107 Å². The van der Waals surface area contributed by atoms with Gasteiger partial charge < -0.3 is 19.5 Å². The molecule has 1 amide bonds. The Labute approximate surface area is 245 Å². The molecule has 10 nitrogen and oxygen atoms in total. The van der Waals surface area contributed by atoms with Crippen LogP contribution >= 0.6 is 11.6 Å². The number of para-hydroxylation sites is 1. The van der Waals surface area contributed by atoms with Gasteiger partial charge in [-0.05, 0) is 47.3 Å². The van der Waals surface area contributed by atoms with Gasteiger partial charge in [0.15, 0.2) is 10.8 Å². The molecule has 0 saturated carbocycles. The molecule has 0 bridgehead atoms. The van der Waals surface area contributed by atoms with Gasteiger partial charge in [0.05, 0.1) is 30.7 Å². The van der Waals surface area contributed by atoms with Gasteiger partial charge in [0, 0.05) is 49.7 Å². The second kappa shape index (κ2) is 11.0. The molecule has 0 fully saturated rings. The van der Waals surface area contributed by atoms with E-state index in [1.54, 1.807) is 73.1 Å². The summed E-state index contributed by atoms with van der Waals surface area (Å²) in [6.45, 7) is 0.245. The number of carbonyl (C=O) groups is 1. The van der Waals surface area contributed by atoms with Gasteiger partial charge in [-0.15, -0.1) is 0 Å². The molecule has 1 N–H and O–H groups in total. The quantitative estimate of drug-likeness (QED) is 0.275. The number of ether oxygens (including phenoxy) is 1. The Kier molecular flexibility index (Phi) is 7.05. The van der Waals surface area contributed by atoms with E-state index < -0.39 is 0 Å². The van der Waals surface area contributed by atoms with Crippen LogP contribution in [-0.4, -0.2) is 56.2 Å². The van der Waals surface area contributed by atoms with E-state index >= 15 is 0 Å². The second-order valence-electron chi connectivity index (χ2n) is 9.85. The molecule has 0 aliphatic rings. The fraction of sp³-hybridized carbons (Fsp3) is 0.129. The van der Waals surface area contributed by atoms with Gasteiger partial charge in [0.25, 0.3) is 11.5 Å². The van der Waals surface area contributed by atoms with Crippen LogP contribution in [0, 0.1) is 0 Å². The van der Waals surface area contributed by atoms with Crippen LogP contribution in [0.25, 0.3) is 27.5 Å². The molecule has 0 spiro atoms. The summed E-state index contributed by atoms with van der Waals surface area (Å²) in [4.78, 5) is 36.0. The molecule has 42 heavy (non-hydrogen) atoms. The van der Waals surface area contributed by atoms with Crippen molar-refractivity contribution in [3.63, 3.8) is 0 Å². The summed E-state index contributed by atoms with van der Waals surface area (Å²) in [6.07, 6.45) is 5.12. The Balaban J connectivity index is 1.33. The first-order valence-corrected chi connectivity index (χ1v) is 13.5. The molecule has 0 atom stereocenters. The van der Waals surface area contributed by atoms with E-state index in [1.807, 2.05) is 42.5 Å². The highest BCUT2D eigenvalue weighted by molar-refractivity contribution is 6.29. The van der Waals surface area contributed by atoms with Gasteiger partial charge in [0.2, 0.25) is 0 Å². The van der Waals surface area contributed by atoms with Gasteiger partial charge in [-0.2, -0.15) is 5.10 Å². The molecular weight excluding hydrogens is 554 g/mol. The molecule has 0 saturated heterocycles. The number of anilines is 2. The number of amides is 1. The average Bonchev–Trinajstić information content (AvgIpc) is 3.47. The van der Waals surface area contributed by atoms with Gasteiger partial charge in [-0.25, -0.2) is 14.5 Å². The Morgan fingerprint density at radius 2 is 1.86 bits per heavy atom. The number of hydrogen-bond acceptors (Lipinski definition) is 7. The lowest BCUT2D eigenvalue weighted by Crippen LogP contribution is -2.24. The van der Waals surface area contributed by atoms with Crippen molar-refractivity contribution < 1.29 is 9.53 Å². The van der Waals surface area contributed by atoms with E-state index in [0.717, 1.165) is 22.2 Å². The van der Waals surface area contributed by atoms with E-state index in [1.165, 1.54) is 4.90 Å². The van der Waals surface area contributed by atoms with Crippen molar-refractivity contribution in [1.29, 1.82) is 0 Å². The van der Waals surface area contributed by atoms with Gasteiger partial charge in [0.1, 0.15) is 11.4 Å². The number of halogens is 1. The highest BCUT2D eigenvalue weighted by Crippen LogP contribution is 2.39. The number of hydrogen-bond donors (Lipinski definition) is 1. The van der Waals surface area contributed by atoms with Crippen molar-refractivity contribution in [3.05, 3.63) is 112 Å². The molecule has 2 aromatic carbocycles. The summed E-state index contributed by atoms with van der Waals surface area (Å²) in [7, 11) is 4.97. The maximum Gasteiger partial charge on any atom is 0.271 e.